The Hall–Kier alpha value is -4.60. The van der Waals surface area contributed by atoms with Crippen molar-refractivity contribution < 1.29 is 28.5 Å². The number of allylic oxidation sites excluding steroid dienone is 1. The summed E-state index contributed by atoms with van der Waals surface area (Å²) in [6.07, 6.45) is 0.591. The van der Waals surface area contributed by atoms with Gasteiger partial charge in [-0.15, -0.1) is 6.58 Å². The van der Waals surface area contributed by atoms with Crippen LogP contribution in [0, 0.1) is 5.41 Å². The summed E-state index contributed by atoms with van der Waals surface area (Å²) in [7, 11) is 0. The number of amides is 2. The van der Waals surface area contributed by atoms with Gasteiger partial charge in [0.1, 0.15) is 24.4 Å². The predicted octanol–water partition coefficient (Wildman–Crippen LogP) is 8.84. The summed E-state index contributed by atoms with van der Waals surface area (Å²) in [5.74, 6) is -0.526. The Morgan fingerprint density at radius 2 is 1.07 bits per heavy atom. The Bertz CT molecular complexity index is 1780. The van der Waals surface area contributed by atoms with Crippen LogP contribution in [0.1, 0.15) is 76.1 Å². The first-order valence-electron chi connectivity index (χ1n) is 19.8. The Kier molecular flexibility index (Phi) is 15.6. The Morgan fingerprint density at radius 1 is 0.643 bits per heavy atom. The number of benzene rings is 4. The molecule has 0 saturated carbocycles. The van der Waals surface area contributed by atoms with Crippen molar-refractivity contribution in [1.29, 1.82) is 0 Å². The summed E-state index contributed by atoms with van der Waals surface area (Å²) in [5, 5.41) is 3.35. The molecule has 8 nitrogen and oxygen atoms in total. The number of carbonyl (C=O) groups excluding carboxylic acids is 2. The molecule has 0 aromatic heterocycles. The molecule has 1 heterocycles. The molecule has 4 aromatic carbocycles. The van der Waals surface area contributed by atoms with Gasteiger partial charge in [-0.1, -0.05) is 148 Å². The van der Waals surface area contributed by atoms with Crippen LogP contribution in [0.5, 0.6) is 0 Å². The fourth-order valence-corrected chi connectivity index (χ4v) is 7.78. The highest BCUT2D eigenvalue weighted by molar-refractivity contribution is 5.89. The van der Waals surface area contributed by atoms with Crippen molar-refractivity contribution in [3.8, 4) is 0 Å². The second-order valence-electron chi connectivity index (χ2n) is 16.5. The SMILES string of the molecule is C=CCCC(=O)N1[C@@H](COCc2ccccc2)[C@@H](OCc2ccccc2)[C@H](OCc2ccccc2)[C@@H](OCc2ccccc2)[C@@H]1C(=O)NC(C)(C)CC(C)(C)C. The molecule has 1 N–H and O–H groups in total. The third kappa shape index (κ3) is 12.7. The van der Waals surface area contributed by atoms with E-state index >= 15 is 4.79 Å². The Morgan fingerprint density at radius 3 is 1.52 bits per heavy atom. The molecule has 1 aliphatic heterocycles. The number of hydrogen-bond donors (Lipinski definition) is 1. The van der Waals surface area contributed by atoms with Crippen LogP contribution >= 0.6 is 0 Å². The monoisotopic (exact) mass is 760 g/mol. The maximum atomic E-state index is 15.1. The van der Waals surface area contributed by atoms with E-state index in [2.05, 4.69) is 32.7 Å². The van der Waals surface area contributed by atoms with E-state index in [1.165, 1.54) is 0 Å². The van der Waals surface area contributed by atoms with E-state index in [9.17, 15) is 4.79 Å². The van der Waals surface area contributed by atoms with E-state index in [1.54, 1.807) is 11.0 Å². The van der Waals surface area contributed by atoms with Crippen molar-refractivity contribution >= 4 is 11.8 Å². The number of likely N-dealkylation sites (tertiary alicyclic amines) is 1. The zero-order chi connectivity index (χ0) is 40.0. The van der Waals surface area contributed by atoms with Gasteiger partial charge < -0.3 is 29.2 Å². The highest BCUT2D eigenvalue weighted by Gasteiger charge is 2.56. The predicted molar refractivity (Wildman–Crippen MR) is 221 cm³/mol. The summed E-state index contributed by atoms with van der Waals surface area (Å²) >= 11 is 0. The second-order valence-corrected chi connectivity index (χ2v) is 16.5. The molecule has 5 rings (SSSR count). The average Bonchev–Trinajstić information content (AvgIpc) is 3.18. The van der Waals surface area contributed by atoms with E-state index in [4.69, 9.17) is 18.9 Å². The van der Waals surface area contributed by atoms with Gasteiger partial charge in [0.05, 0.1) is 39.1 Å². The van der Waals surface area contributed by atoms with E-state index in [0.717, 1.165) is 22.3 Å². The number of carbonyl (C=O) groups is 2. The number of rotatable bonds is 19. The third-order valence-electron chi connectivity index (χ3n) is 9.80. The lowest BCUT2D eigenvalue weighted by molar-refractivity contribution is -0.228. The molecule has 0 unspecified atom stereocenters. The molecule has 1 fully saturated rings. The number of nitrogens with zero attached hydrogens (tertiary/aromatic N) is 1. The molecule has 298 valence electrons. The number of hydrogen-bond acceptors (Lipinski definition) is 6. The maximum absolute atomic E-state index is 15.1. The number of ether oxygens (including phenoxy) is 4. The Balaban J connectivity index is 1.64. The molecule has 2 amide bonds. The van der Waals surface area contributed by atoms with Crippen LogP contribution < -0.4 is 5.32 Å². The number of nitrogens with one attached hydrogen (secondary N) is 1. The quantitative estimate of drug-likeness (QED) is 0.0962. The smallest absolute Gasteiger partial charge is 0.246 e. The van der Waals surface area contributed by atoms with E-state index < -0.39 is 35.9 Å². The van der Waals surface area contributed by atoms with Crippen LogP contribution in [0.3, 0.4) is 0 Å². The molecule has 1 aliphatic rings. The van der Waals surface area contributed by atoms with Crippen LogP contribution in [0.2, 0.25) is 0 Å². The second kappa shape index (κ2) is 20.5. The maximum Gasteiger partial charge on any atom is 0.246 e. The molecule has 56 heavy (non-hydrogen) atoms. The van der Waals surface area contributed by atoms with Crippen LogP contribution in [0.4, 0.5) is 0 Å². The fraction of sp³-hybridized carbons (Fsp3) is 0.417. The molecular formula is C48H60N2O6. The summed E-state index contributed by atoms with van der Waals surface area (Å²) < 4.78 is 27.2. The van der Waals surface area contributed by atoms with Gasteiger partial charge in [0.15, 0.2) is 0 Å². The van der Waals surface area contributed by atoms with E-state index in [0.29, 0.717) is 19.4 Å². The standard InChI is InChI=1S/C48H60N2O6/c1-7-8-29-41(51)50-40(34-53-30-36-21-13-9-14-22-36)43(54-31-37-23-15-10-16-24-37)45(56-33-39-27-19-12-20-28-39)44(55-32-38-25-17-11-18-26-38)42(50)46(52)49-48(5,6)35-47(2,3)4/h7,9-28,40,42-45H,1,8,29-35H2,2-6H3,(H,49,52)/t40-,42+,43+,44-,45-/m0/s1. The highest BCUT2D eigenvalue weighted by atomic mass is 16.6. The average molecular weight is 761 g/mol. The summed E-state index contributed by atoms with van der Waals surface area (Å²) in [6.45, 7) is 15.5. The molecule has 0 spiro atoms. The summed E-state index contributed by atoms with van der Waals surface area (Å²) in [6, 6.07) is 37.8. The molecule has 0 radical (unpaired) electrons. The first kappa shape index (κ1) is 42.5. The molecule has 1 saturated heterocycles. The molecule has 5 atom stereocenters. The van der Waals surface area contributed by atoms with Gasteiger partial charge in [0.2, 0.25) is 11.8 Å². The fourth-order valence-electron chi connectivity index (χ4n) is 7.78. The van der Waals surface area contributed by atoms with Gasteiger partial charge >= 0.3 is 0 Å². The lowest BCUT2D eigenvalue weighted by Gasteiger charge is -2.52. The minimum absolute atomic E-state index is 0.0719. The zero-order valence-corrected chi connectivity index (χ0v) is 33.8. The lowest BCUT2D eigenvalue weighted by atomic mass is 9.81. The summed E-state index contributed by atoms with van der Waals surface area (Å²) in [5.41, 5.74) is 3.18. The van der Waals surface area contributed by atoms with Crippen molar-refractivity contribution in [2.45, 2.75) is 116 Å². The normalized spacial score (nSPS) is 20.0. The van der Waals surface area contributed by atoms with E-state index in [-0.39, 0.29) is 50.1 Å². The van der Waals surface area contributed by atoms with Crippen LogP contribution in [-0.4, -0.2) is 59.3 Å². The Labute approximate surface area is 334 Å². The van der Waals surface area contributed by atoms with Gasteiger partial charge in [-0.25, -0.2) is 0 Å². The van der Waals surface area contributed by atoms with Crippen molar-refractivity contribution in [3.05, 3.63) is 156 Å². The lowest BCUT2D eigenvalue weighted by Crippen LogP contribution is -2.74. The van der Waals surface area contributed by atoms with Gasteiger partial charge in [0, 0.05) is 12.0 Å². The summed E-state index contributed by atoms with van der Waals surface area (Å²) in [4.78, 5) is 31.5. The third-order valence-corrected chi connectivity index (χ3v) is 9.80. The van der Waals surface area contributed by atoms with Gasteiger partial charge in [-0.3, -0.25) is 9.59 Å². The van der Waals surface area contributed by atoms with Gasteiger partial charge in [-0.2, -0.15) is 0 Å². The molecule has 4 aromatic rings. The van der Waals surface area contributed by atoms with Crippen molar-refractivity contribution in [2.24, 2.45) is 5.41 Å². The van der Waals surface area contributed by atoms with Crippen LogP contribution in [0.15, 0.2) is 134 Å². The minimum atomic E-state index is -1.07. The molecular weight excluding hydrogens is 701 g/mol. The number of piperidine rings is 1. The van der Waals surface area contributed by atoms with Gasteiger partial charge in [-0.05, 0) is 54.4 Å². The van der Waals surface area contributed by atoms with Crippen molar-refractivity contribution in [1.82, 2.24) is 10.2 Å². The first-order chi connectivity index (χ1) is 26.9. The zero-order valence-electron chi connectivity index (χ0n) is 33.8. The molecule has 0 aliphatic carbocycles. The minimum Gasteiger partial charge on any atom is -0.375 e. The van der Waals surface area contributed by atoms with Crippen LogP contribution in [-0.2, 0) is 55.0 Å². The molecule has 8 heteroatoms. The highest BCUT2D eigenvalue weighted by Crippen LogP contribution is 2.35. The molecule has 0 bridgehead atoms. The van der Waals surface area contributed by atoms with Crippen molar-refractivity contribution in [3.63, 3.8) is 0 Å². The van der Waals surface area contributed by atoms with Crippen LogP contribution in [0.25, 0.3) is 0 Å². The van der Waals surface area contributed by atoms with Gasteiger partial charge in [0.25, 0.3) is 0 Å². The first-order valence-corrected chi connectivity index (χ1v) is 19.8. The largest absolute Gasteiger partial charge is 0.375 e. The van der Waals surface area contributed by atoms with E-state index in [1.807, 2.05) is 135 Å². The topological polar surface area (TPSA) is 86.3 Å². The van der Waals surface area contributed by atoms with Crippen molar-refractivity contribution in [2.75, 3.05) is 6.61 Å².